The lowest BCUT2D eigenvalue weighted by Gasteiger charge is -2.07. The zero-order chi connectivity index (χ0) is 16.8. The van der Waals surface area contributed by atoms with Crippen LogP contribution in [0.3, 0.4) is 0 Å². The molecule has 0 fully saturated rings. The van der Waals surface area contributed by atoms with Gasteiger partial charge in [-0.15, -0.1) is 11.8 Å². The molecule has 5 nitrogen and oxygen atoms in total. The largest absolute Gasteiger partial charge is 0.352 e. The molecule has 0 saturated heterocycles. The van der Waals surface area contributed by atoms with Gasteiger partial charge in [0, 0.05) is 18.2 Å². The van der Waals surface area contributed by atoms with Gasteiger partial charge < -0.3 is 5.32 Å². The Balaban J connectivity index is 1.99. The number of rotatable bonds is 6. The summed E-state index contributed by atoms with van der Waals surface area (Å²) in [5.41, 5.74) is 1.06. The van der Waals surface area contributed by atoms with Crippen molar-refractivity contribution in [3.05, 3.63) is 69.5 Å². The Morgan fingerprint density at radius 1 is 1.26 bits per heavy atom. The first-order valence-electron chi connectivity index (χ1n) is 6.86. The molecule has 0 aliphatic carbocycles. The molecule has 1 amide bonds. The summed E-state index contributed by atoms with van der Waals surface area (Å²) in [7, 11) is 0. The first-order valence-corrected chi connectivity index (χ1v) is 8.09. The zero-order valence-corrected chi connectivity index (χ0v) is 13.2. The molecule has 0 aromatic heterocycles. The third-order valence-corrected chi connectivity index (χ3v) is 4.04. The van der Waals surface area contributed by atoms with Crippen molar-refractivity contribution in [2.45, 2.75) is 11.3 Å². The van der Waals surface area contributed by atoms with E-state index in [4.69, 9.17) is 0 Å². The molecule has 120 valence electrons. The minimum Gasteiger partial charge on any atom is -0.352 e. The molecule has 0 spiro atoms. The highest BCUT2D eigenvalue weighted by molar-refractivity contribution is 7.98. The Labute approximate surface area is 137 Å². The molecule has 0 heterocycles. The van der Waals surface area contributed by atoms with Crippen molar-refractivity contribution in [2.75, 3.05) is 12.8 Å². The van der Waals surface area contributed by atoms with Crippen LogP contribution in [-0.4, -0.2) is 23.6 Å². The van der Waals surface area contributed by atoms with Crippen molar-refractivity contribution in [2.24, 2.45) is 0 Å². The first-order chi connectivity index (χ1) is 11.0. The summed E-state index contributed by atoms with van der Waals surface area (Å²) in [6.07, 6.45) is 2.29. The normalized spacial score (nSPS) is 10.3. The predicted octanol–water partition coefficient (Wildman–Crippen LogP) is 3.43. The van der Waals surface area contributed by atoms with Crippen LogP contribution in [0.2, 0.25) is 0 Å². The molecular formula is C16H15FN2O3S. The Hall–Kier alpha value is -2.41. The molecule has 0 atom stereocenters. The molecule has 0 aliphatic rings. The van der Waals surface area contributed by atoms with Gasteiger partial charge in [-0.25, -0.2) is 4.39 Å². The summed E-state index contributed by atoms with van der Waals surface area (Å²) in [5.74, 6) is -0.679. The lowest BCUT2D eigenvalue weighted by atomic mass is 10.1. The molecule has 0 saturated carbocycles. The summed E-state index contributed by atoms with van der Waals surface area (Å²) < 4.78 is 12.8. The Morgan fingerprint density at radius 2 is 1.96 bits per heavy atom. The number of nitro groups is 1. The standard InChI is InChI=1S/C16H15FN2O3S/c1-23-15-7-4-12(10-14(15)19(21)22)16(20)18-9-8-11-2-5-13(17)6-3-11/h2-7,10H,8-9H2,1H3,(H,18,20). The second kappa shape index (κ2) is 7.73. The van der Waals surface area contributed by atoms with E-state index in [9.17, 15) is 19.3 Å². The SMILES string of the molecule is CSc1ccc(C(=O)NCCc2ccc(F)cc2)cc1[N+](=O)[O-]. The van der Waals surface area contributed by atoms with Crippen molar-refractivity contribution in [1.29, 1.82) is 0 Å². The van der Waals surface area contributed by atoms with Gasteiger partial charge in [0.05, 0.1) is 9.82 Å². The Morgan fingerprint density at radius 3 is 2.57 bits per heavy atom. The third-order valence-electron chi connectivity index (χ3n) is 3.25. The Kier molecular flexibility index (Phi) is 5.70. The number of carbonyl (C=O) groups is 1. The van der Waals surface area contributed by atoms with Gasteiger partial charge in [-0.3, -0.25) is 14.9 Å². The van der Waals surface area contributed by atoms with Gasteiger partial charge in [0.1, 0.15) is 5.82 Å². The van der Waals surface area contributed by atoms with Gasteiger partial charge in [0.2, 0.25) is 0 Å². The molecular weight excluding hydrogens is 319 g/mol. The van der Waals surface area contributed by atoms with Gasteiger partial charge in [-0.1, -0.05) is 12.1 Å². The molecule has 2 aromatic rings. The van der Waals surface area contributed by atoms with E-state index < -0.39 is 4.92 Å². The molecule has 2 rings (SSSR count). The number of hydrogen-bond acceptors (Lipinski definition) is 4. The van der Waals surface area contributed by atoms with E-state index in [1.165, 1.54) is 30.0 Å². The van der Waals surface area contributed by atoms with Crippen LogP contribution in [0, 0.1) is 15.9 Å². The van der Waals surface area contributed by atoms with Gasteiger partial charge in [0.15, 0.2) is 0 Å². The van der Waals surface area contributed by atoms with Crippen LogP contribution >= 0.6 is 11.8 Å². The van der Waals surface area contributed by atoms with E-state index in [0.717, 1.165) is 5.56 Å². The highest BCUT2D eigenvalue weighted by Gasteiger charge is 2.16. The number of thioether (sulfide) groups is 1. The smallest absolute Gasteiger partial charge is 0.283 e. The zero-order valence-electron chi connectivity index (χ0n) is 12.4. The van der Waals surface area contributed by atoms with Crippen LogP contribution in [0.15, 0.2) is 47.4 Å². The van der Waals surface area contributed by atoms with Gasteiger partial charge >= 0.3 is 0 Å². The summed E-state index contributed by atoms with van der Waals surface area (Å²) in [4.78, 5) is 23.1. The minimum absolute atomic E-state index is 0.0799. The number of halogens is 1. The van der Waals surface area contributed by atoms with Gasteiger partial charge in [-0.2, -0.15) is 0 Å². The van der Waals surface area contributed by atoms with Crippen LogP contribution in [0.1, 0.15) is 15.9 Å². The third kappa shape index (κ3) is 4.53. The van der Waals surface area contributed by atoms with Crippen LogP contribution in [0.25, 0.3) is 0 Å². The Bertz CT molecular complexity index is 720. The summed E-state index contributed by atoms with van der Waals surface area (Å²) in [5, 5.41) is 13.7. The number of nitrogens with zero attached hydrogens (tertiary/aromatic N) is 1. The quantitative estimate of drug-likeness (QED) is 0.499. The van der Waals surface area contributed by atoms with E-state index in [1.807, 2.05) is 0 Å². The lowest BCUT2D eigenvalue weighted by Crippen LogP contribution is -2.25. The lowest BCUT2D eigenvalue weighted by molar-refractivity contribution is -0.387. The van der Waals surface area contributed by atoms with Crippen molar-refractivity contribution in [3.63, 3.8) is 0 Å². The van der Waals surface area contributed by atoms with E-state index in [2.05, 4.69) is 5.32 Å². The van der Waals surface area contributed by atoms with Crippen molar-refractivity contribution >= 4 is 23.4 Å². The molecule has 23 heavy (non-hydrogen) atoms. The number of carbonyl (C=O) groups excluding carboxylic acids is 1. The van der Waals surface area contributed by atoms with E-state index in [1.54, 1.807) is 30.5 Å². The van der Waals surface area contributed by atoms with Gasteiger partial charge in [0.25, 0.3) is 11.6 Å². The average Bonchev–Trinajstić information content (AvgIpc) is 2.55. The number of amides is 1. The molecule has 7 heteroatoms. The van der Waals surface area contributed by atoms with Gasteiger partial charge in [-0.05, 0) is 42.5 Å². The second-order valence-corrected chi connectivity index (χ2v) is 5.62. The van der Waals surface area contributed by atoms with Crippen molar-refractivity contribution in [1.82, 2.24) is 5.32 Å². The van der Waals surface area contributed by atoms with Crippen LogP contribution < -0.4 is 5.32 Å². The number of nitro benzene ring substituents is 1. The topological polar surface area (TPSA) is 72.2 Å². The van der Waals surface area contributed by atoms with Crippen molar-refractivity contribution in [3.8, 4) is 0 Å². The van der Waals surface area contributed by atoms with E-state index in [-0.39, 0.29) is 23.0 Å². The molecule has 0 bridgehead atoms. The number of benzene rings is 2. The van der Waals surface area contributed by atoms with Crippen LogP contribution in [-0.2, 0) is 6.42 Å². The molecule has 2 aromatic carbocycles. The highest BCUT2D eigenvalue weighted by atomic mass is 32.2. The fraction of sp³-hybridized carbons (Fsp3) is 0.188. The monoisotopic (exact) mass is 334 g/mol. The molecule has 0 unspecified atom stereocenters. The predicted molar refractivity (Wildman–Crippen MR) is 87.3 cm³/mol. The van der Waals surface area contributed by atoms with Crippen LogP contribution in [0.4, 0.5) is 10.1 Å². The summed E-state index contributed by atoms with van der Waals surface area (Å²) in [6, 6.07) is 10.4. The van der Waals surface area contributed by atoms with E-state index in [0.29, 0.717) is 17.9 Å². The average molecular weight is 334 g/mol. The minimum atomic E-state index is -0.499. The number of nitrogens with one attached hydrogen (secondary N) is 1. The first kappa shape index (κ1) is 17.0. The highest BCUT2D eigenvalue weighted by Crippen LogP contribution is 2.28. The van der Waals surface area contributed by atoms with E-state index >= 15 is 0 Å². The van der Waals surface area contributed by atoms with Crippen LogP contribution in [0.5, 0.6) is 0 Å². The second-order valence-electron chi connectivity index (χ2n) is 4.78. The maximum Gasteiger partial charge on any atom is 0.283 e. The molecule has 0 aliphatic heterocycles. The number of hydrogen-bond donors (Lipinski definition) is 1. The fourth-order valence-electron chi connectivity index (χ4n) is 2.05. The fourth-order valence-corrected chi connectivity index (χ4v) is 2.59. The molecule has 1 N–H and O–H groups in total. The maximum atomic E-state index is 12.8. The van der Waals surface area contributed by atoms with Crippen molar-refractivity contribution < 1.29 is 14.1 Å². The maximum absolute atomic E-state index is 12.8. The summed E-state index contributed by atoms with van der Waals surface area (Å²) >= 11 is 1.26. The molecule has 0 radical (unpaired) electrons. The summed E-state index contributed by atoms with van der Waals surface area (Å²) in [6.45, 7) is 0.364.